The standard InChI is InChI=1S/C28H27ClN2O2/c1-17-6-8-19(9-7-17)24-25(30-22-13-10-20(11-14-22)28(3,4)5)27(33)31(26(24)32)23-15-12-21(29)16-18(23)2/h6-16,30H,1-5H3. The van der Waals surface area contributed by atoms with Gasteiger partial charge in [-0.3, -0.25) is 9.59 Å². The molecule has 0 saturated carbocycles. The molecule has 1 N–H and O–H groups in total. The highest BCUT2D eigenvalue weighted by Crippen LogP contribution is 2.36. The second kappa shape index (κ2) is 8.53. The van der Waals surface area contributed by atoms with E-state index in [1.54, 1.807) is 18.2 Å². The number of aryl methyl sites for hydroxylation is 2. The number of hydrogen-bond acceptors (Lipinski definition) is 3. The molecule has 168 valence electrons. The van der Waals surface area contributed by atoms with Gasteiger partial charge < -0.3 is 5.32 Å². The normalized spacial score (nSPS) is 14.3. The van der Waals surface area contributed by atoms with Crippen molar-refractivity contribution in [2.45, 2.75) is 40.0 Å². The summed E-state index contributed by atoms with van der Waals surface area (Å²) in [6, 6.07) is 20.7. The van der Waals surface area contributed by atoms with Crippen LogP contribution in [0.5, 0.6) is 0 Å². The molecule has 1 aliphatic heterocycles. The van der Waals surface area contributed by atoms with Crippen molar-refractivity contribution in [2.24, 2.45) is 0 Å². The zero-order valence-electron chi connectivity index (χ0n) is 19.5. The third-order valence-electron chi connectivity index (χ3n) is 5.84. The molecule has 0 aliphatic carbocycles. The van der Waals surface area contributed by atoms with Gasteiger partial charge in [-0.15, -0.1) is 0 Å². The summed E-state index contributed by atoms with van der Waals surface area (Å²) in [4.78, 5) is 28.4. The third kappa shape index (κ3) is 4.44. The van der Waals surface area contributed by atoms with Crippen LogP contribution in [0.4, 0.5) is 11.4 Å². The van der Waals surface area contributed by atoms with Crippen molar-refractivity contribution in [2.75, 3.05) is 10.2 Å². The molecule has 2 amide bonds. The molecular formula is C28H27ClN2O2. The van der Waals surface area contributed by atoms with Gasteiger partial charge in [0.15, 0.2) is 0 Å². The highest BCUT2D eigenvalue weighted by Gasteiger charge is 2.40. The first-order chi connectivity index (χ1) is 15.6. The summed E-state index contributed by atoms with van der Waals surface area (Å²) < 4.78 is 0. The highest BCUT2D eigenvalue weighted by molar-refractivity contribution is 6.46. The summed E-state index contributed by atoms with van der Waals surface area (Å²) in [5, 5.41) is 3.79. The Morgan fingerprint density at radius 2 is 1.45 bits per heavy atom. The Bertz CT molecular complexity index is 1270. The fraction of sp³-hybridized carbons (Fsp3) is 0.214. The lowest BCUT2D eigenvalue weighted by atomic mass is 9.87. The molecule has 0 atom stereocenters. The lowest BCUT2D eigenvalue weighted by molar-refractivity contribution is -0.120. The Kier molecular flexibility index (Phi) is 5.89. The smallest absolute Gasteiger partial charge is 0.282 e. The lowest BCUT2D eigenvalue weighted by Gasteiger charge is -2.20. The molecule has 0 bridgehead atoms. The van der Waals surface area contributed by atoms with Crippen molar-refractivity contribution in [1.82, 2.24) is 0 Å². The van der Waals surface area contributed by atoms with Crippen LogP contribution in [0.2, 0.25) is 5.02 Å². The second-order valence-electron chi connectivity index (χ2n) is 9.44. The molecule has 33 heavy (non-hydrogen) atoms. The maximum atomic E-state index is 13.6. The number of nitrogens with one attached hydrogen (secondary N) is 1. The minimum atomic E-state index is -0.388. The van der Waals surface area contributed by atoms with Crippen LogP contribution in [-0.2, 0) is 15.0 Å². The molecule has 1 heterocycles. The van der Waals surface area contributed by atoms with Crippen molar-refractivity contribution in [3.63, 3.8) is 0 Å². The Labute approximate surface area is 199 Å². The predicted molar refractivity (Wildman–Crippen MR) is 136 cm³/mol. The first-order valence-electron chi connectivity index (χ1n) is 10.9. The van der Waals surface area contributed by atoms with Crippen LogP contribution in [0.25, 0.3) is 5.57 Å². The van der Waals surface area contributed by atoms with Crippen LogP contribution < -0.4 is 10.2 Å². The maximum absolute atomic E-state index is 13.6. The number of amides is 2. The average molecular weight is 459 g/mol. The van der Waals surface area contributed by atoms with Gasteiger partial charge in [0, 0.05) is 10.7 Å². The summed E-state index contributed by atoms with van der Waals surface area (Å²) in [7, 11) is 0. The Morgan fingerprint density at radius 3 is 2.03 bits per heavy atom. The summed E-state index contributed by atoms with van der Waals surface area (Å²) >= 11 is 6.11. The third-order valence-corrected chi connectivity index (χ3v) is 6.08. The van der Waals surface area contributed by atoms with Gasteiger partial charge in [0.25, 0.3) is 11.8 Å². The molecule has 0 fully saturated rings. The van der Waals surface area contributed by atoms with E-state index in [0.717, 1.165) is 16.8 Å². The number of benzene rings is 3. The van der Waals surface area contributed by atoms with E-state index < -0.39 is 0 Å². The zero-order valence-corrected chi connectivity index (χ0v) is 20.2. The van der Waals surface area contributed by atoms with E-state index in [1.807, 2.05) is 62.4 Å². The van der Waals surface area contributed by atoms with Gasteiger partial charge in [-0.05, 0) is 66.3 Å². The van der Waals surface area contributed by atoms with Crippen LogP contribution in [0.1, 0.15) is 43.0 Å². The van der Waals surface area contributed by atoms with Crippen LogP contribution in [0.3, 0.4) is 0 Å². The van der Waals surface area contributed by atoms with E-state index in [-0.39, 0.29) is 22.9 Å². The number of hydrogen-bond donors (Lipinski definition) is 1. The molecule has 0 unspecified atom stereocenters. The SMILES string of the molecule is Cc1ccc(C2=C(Nc3ccc(C(C)(C)C)cc3)C(=O)N(c3ccc(Cl)cc3C)C2=O)cc1. The molecule has 4 nitrogen and oxygen atoms in total. The fourth-order valence-electron chi connectivity index (χ4n) is 3.92. The fourth-order valence-corrected chi connectivity index (χ4v) is 4.15. The molecule has 3 aromatic carbocycles. The highest BCUT2D eigenvalue weighted by atomic mass is 35.5. The van der Waals surface area contributed by atoms with Gasteiger partial charge in [0.05, 0.1) is 11.3 Å². The molecule has 0 saturated heterocycles. The van der Waals surface area contributed by atoms with Crippen LogP contribution in [-0.4, -0.2) is 11.8 Å². The largest absolute Gasteiger partial charge is 0.350 e. The summed E-state index contributed by atoms with van der Waals surface area (Å²) in [6.07, 6.45) is 0. The average Bonchev–Trinajstić information content (AvgIpc) is 2.98. The van der Waals surface area contributed by atoms with E-state index in [0.29, 0.717) is 21.8 Å². The van der Waals surface area contributed by atoms with E-state index in [2.05, 4.69) is 26.1 Å². The van der Waals surface area contributed by atoms with Gasteiger partial charge >= 0.3 is 0 Å². The minimum Gasteiger partial charge on any atom is -0.350 e. The molecule has 1 aliphatic rings. The minimum absolute atomic E-state index is 0.0207. The zero-order chi connectivity index (χ0) is 23.9. The van der Waals surface area contributed by atoms with E-state index in [9.17, 15) is 9.59 Å². The number of carbonyl (C=O) groups is 2. The van der Waals surface area contributed by atoms with Crippen molar-refractivity contribution in [1.29, 1.82) is 0 Å². The first-order valence-corrected chi connectivity index (χ1v) is 11.3. The summed E-state index contributed by atoms with van der Waals surface area (Å²) in [5.41, 5.74) is 5.63. The van der Waals surface area contributed by atoms with Gasteiger partial charge in [0.2, 0.25) is 0 Å². The summed E-state index contributed by atoms with van der Waals surface area (Å²) in [6.45, 7) is 10.3. The predicted octanol–water partition coefficient (Wildman–Crippen LogP) is 6.65. The van der Waals surface area contributed by atoms with E-state index >= 15 is 0 Å². The second-order valence-corrected chi connectivity index (χ2v) is 9.88. The van der Waals surface area contributed by atoms with Crippen molar-refractivity contribution in [3.8, 4) is 0 Å². The molecule has 3 aromatic rings. The molecule has 0 spiro atoms. The first kappa shape index (κ1) is 22.8. The van der Waals surface area contributed by atoms with Gasteiger partial charge in [-0.1, -0.05) is 74.3 Å². The quantitative estimate of drug-likeness (QED) is 0.445. The monoisotopic (exact) mass is 458 g/mol. The van der Waals surface area contributed by atoms with Gasteiger partial charge in [-0.2, -0.15) is 0 Å². The topological polar surface area (TPSA) is 49.4 Å². The van der Waals surface area contributed by atoms with Crippen LogP contribution in [0.15, 0.2) is 72.4 Å². The number of carbonyl (C=O) groups excluding carboxylic acids is 2. The molecule has 5 heteroatoms. The van der Waals surface area contributed by atoms with Crippen molar-refractivity contribution >= 4 is 40.4 Å². The maximum Gasteiger partial charge on any atom is 0.282 e. The Morgan fingerprint density at radius 1 is 0.818 bits per heavy atom. The van der Waals surface area contributed by atoms with E-state index in [1.165, 1.54) is 10.5 Å². The van der Waals surface area contributed by atoms with Crippen molar-refractivity contribution < 1.29 is 9.59 Å². The van der Waals surface area contributed by atoms with Crippen LogP contribution >= 0.6 is 11.6 Å². The summed E-state index contributed by atoms with van der Waals surface area (Å²) in [5.74, 6) is -0.746. The van der Waals surface area contributed by atoms with E-state index in [4.69, 9.17) is 11.6 Å². The Hall–Kier alpha value is -3.37. The Balaban J connectivity index is 1.79. The molecule has 0 radical (unpaired) electrons. The van der Waals surface area contributed by atoms with Crippen molar-refractivity contribution in [3.05, 3.63) is 99.7 Å². The molecule has 0 aromatic heterocycles. The van der Waals surface area contributed by atoms with Crippen LogP contribution in [0, 0.1) is 13.8 Å². The number of anilines is 2. The van der Waals surface area contributed by atoms with Gasteiger partial charge in [0.1, 0.15) is 5.70 Å². The lowest BCUT2D eigenvalue weighted by Crippen LogP contribution is -2.33. The number of halogens is 1. The van der Waals surface area contributed by atoms with Gasteiger partial charge in [-0.25, -0.2) is 4.90 Å². The molecular weight excluding hydrogens is 432 g/mol. The number of imide groups is 1. The molecule has 4 rings (SSSR count). The number of rotatable bonds is 4. The number of nitrogens with zero attached hydrogens (tertiary/aromatic N) is 1.